The van der Waals surface area contributed by atoms with Crippen LogP contribution >= 0.6 is 11.6 Å². The molecule has 5 amide bonds. The average Bonchev–Trinajstić information content (AvgIpc) is 3.93. The Labute approximate surface area is 301 Å². The molecule has 3 fully saturated rings. The fourth-order valence-electron chi connectivity index (χ4n) is 6.66. The number of ether oxygens (including phenoxy) is 3. The van der Waals surface area contributed by atoms with Crippen LogP contribution in [-0.2, 0) is 51.7 Å². The Morgan fingerprint density at radius 3 is 2.61 bits per heavy atom. The third kappa shape index (κ3) is 8.44. The van der Waals surface area contributed by atoms with Gasteiger partial charge in [0.25, 0.3) is 5.91 Å². The SMILES string of the molecule is CC(C)(C)OC(=O)N[C@H]1COCCC/C=C\[C@H]2C[C@@]2(C(=O)NS(=O)(=O)C2CC2)NC(=O)[C@@H]2C[C@@H](OC(=O)N3Cc4cccc(Cl)c4C3)CN2C1=O. The molecule has 0 unspecified atom stereocenters. The number of nitrogens with zero attached hydrogens (tertiary/aromatic N) is 2. The Balaban J connectivity index is 1.25. The van der Waals surface area contributed by atoms with Crippen molar-refractivity contribution in [3.8, 4) is 0 Å². The van der Waals surface area contributed by atoms with Crippen LogP contribution in [0.4, 0.5) is 9.59 Å². The van der Waals surface area contributed by atoms with Gasteiger partial charge in [0, 0.05) is 30.5 Å². The number of hydrogen-bond donors (Lipinski definition) is 3. The summed E-state index contributed by atoms with van der Waals surface area (Å²) in [4.78, 5) is 70.8. The molecule has 3 N–H and O–H groups in total. The van der Waals surface area contributed by atoms with Gasteiger partial charge in [-0.3, -0.25) is 24.0 Å². The topological polar surface area (TPSA) is 190 Å². The smallest absolute Gasteiger partial charge is 0.410 e. The molecular formula is C34H44ClN5O10S. The highest BCUT2D eigenvalue weighted by molar-refractivity contribution is 7.91. The number of allylic oxidation sites excluding steroid dienone is 1. The number of sulfonamides is 1. The predicted octanol–water partition coefficient (Wildman–Crippen LogP) is 2.50. The van der Waals surface area contributed by atoms with Crippen molar-refractivity contribution in [3.05, 3.63) is 46.5 Å². The fraction of sp³-hybridized carbons (Fsp3) is 0.618. The molecule has 0 aromatic heterocycles. The van der Waals surface area contributed by atoms with Gasteiger partial charge in [-0.15, -0.1) is 0 Å². The van der Waals surface area contributed by atoms with Gasteiger partial charge >= 0.3 is 12.2 Å². The number of nitrogens with one attached hydrogen (secondary N) is 3. The first-order valence-corrected chi connectivity index (χ1v) is 19.1. The van der Waals surface area contributed by atoms with E-state index >= 15 is 0 Å². The quantitative estimate of drug-likeness (QED) is 0.378. The van der Waals surface area contributed by atoms with Gasteiger partial charge in [-0.2, -0.15) is 0 Å². The molecule has 5 atom stereocenters. The van der Waals surface area contributed by atoms with E-state index in [0.29, 0.717) is 30.7 Å². The molecule has 17 heteroatoms. The Kier molecular flexibility index (Phi) is 10.3. The molecule has 1 aromatic carbocycles. The number of alkyl carbamates (subject to hydrolysis) is 1. The molecule has 0 bridgehead atoms. The van der Waals surface area contributed by atoms with Crippen molar-refractivity contribution in [2.24, 2.45) is 5.92 Å². The van der Waals surface area contributed by atoms with Crippen molar-refractivity contribution in [3.63, 3.8) is 0 Å². The largest absolute Gasteiger partial charge is 0.444 e. The van der Waals surface area contributed by atoms with Gasteiger partial charge in [0.2, 0.25) is 21.8 Å². The van der Waals surface area contributed by atoms with E-state index in [2.05, 4.69) is 15.4 Å². The van der Waals surface area contributed by atoms with Crippen LogP contribution in [0.3, 0.4) is 0 Å². The first kappa shape index (κ1) is 36.9. The van der Waals surface area contributed by atoms with Crippen molar-refractivity contribution < 1.29 is 46.6 Å². The zero-order chi connectivity index (χ0) is 36.7. The minimum absolute atomic E-state index is 0.122. The van der Waals surface area contributed by atoms with Crippen LogP contribution in [0.25, 0.3) is 0 Å². The van der Waals surface area contributed by atoms with E-state index in [4.69, 9.17) is 25.8 Å². The lowest BCUT2D eigenvalue weighted by molar-refractivity contribution is -0.142. The first-order valence-electron chi connectivity index (χ1n) is 17.2. The monoisotopic (exact) mass is 749 g/mol. The van der Waals surface area contributed by atoms with Gasteiger partial charge in [-0.05, 0) is 70.1 Å². The number of carbonyl (C=O) groups is 5. The molecule has 1 saturated heterocycles. The van der Waals surface area contributed by atoms with Crippen molar-refractivity contribution in [2.45, 2.75) is 107 Å². The maximum atomic E-state index is 14.2. The molecule has 278 valence electrons. The van der Waals surface area contributed by atoms with Gasteiger partial charge < -0.3 is 29.7 Å². The second-order valence-electron chi connectivity index (χ2n) is 14.8. The highest BCUT2D eigenvalue weighted by atomic mass is 35.5. The van der Waals surface area contributed by atoms with E-state index in [1.807, 2.05) is 12.1 Å². The summed E-state index contributed by atoms with van der Waals surface area (Å²) in [6.45, 7) is 5.33. The van der Waals surface area contributed by atoms with Gasteiger partial charge in [0.05, 0.1) is 24.9 Å². The Hall–Kier alpha value is -3.89. The summed E-state index contributed by atoms with van der Waals surface area (Å²) in [5.41, 5.74) is -0.743. The van der Waals surface area contributed by atoms with Gasteiger partial charge in [-0.25, -0.2) is 18.0 Å². The number of rotatable bonds is 5. The molecule has 15 nitrogen and oxygen atoms in total. The predicted molar refractivity (Wildman–Crippen MR) is 183 cm³/mol. The Morgan fingerprint density at radius 2 is 1.90 bits per heavy atom. The summed E-state index contributed by atoms with van der Waals surface area (Å²) >= 11 is 6.34. The van der Waals surface area contributed by atoms with Crippen molar-refractivity contribution in [1.82, 2.24) is 25.2 Å². The molecule has 51 heavy (non-hydrogen) atoms. The van der Waals surface area contributed by atoms with Crippen LogP contribution in [0, 0.1) is 5.92 Å². The normalized spacial score (nSPS) is 28.9. The van der Waals surface area contributed by atoms with E-state index in [0.717, 1.165) is 11.1 Å². The summed E-state index contributed by atoms with van der Waals surface area (Å²) < 4.78 is 44.7. The number of amides is 5. The average molecular weight is 750 g/mol. The number of benzene rings is 1. The van der Waals surface area contributed by atoms with E-state index < -0.39 is 80.4 Å². The molecule has 0 radical (unpaired) electrons. The summed E-state index contributed by atoms with van der Waals surface area (Å²) in [5, 5.41) is 5.21. The highest BCUT2D eigenvalue weighted by Crippen LogP contribution is 2.46. The van der Waals surface area contributed by atoms with Crippen molar-refractivity contribution in [1.29, 1.82) is 0 Å². The van der Waals surface area contributed by atoms with E-state index in [-0.39, 0.29) is 45.7 Å². The third-order valence-corrected chi connectivity index (χ3v) is 11.7. The summed E-state index contributed by atoms with van der Waals surface area (Å²) in [5.74, 6) is -2.76. The molecular weight excluding hydrogens is 706 g/mol. The van der Waals surface area contributed by atoms with Crippen LogP contribution in [0.5, 0.6) is 0 Å². The second-order valence-corrected chi connectivity index (χ2v) is 17.1. The fourth-order valence-corrected chi connectivity index (χ4v) is 8.28. The summed E-state index contributed by atoms with van der Waals surface area (Å²) in [6, 6.07) is 2.88. The molecule has 1 aromatic rings. The molecule has 2 saturated carbocycles. The molecule has 6 rings (SSSR count). The maximum Gasteiger partial charge on any atom is 0.410 e. The number of hydrogen-bond acceptors (Lipinski definition) is 10. The van der Waals surface area contributed by atoms with E-state index in [1.54, 1.807) is 39.0 Å². The zero-order valence-corrected chi connectivity index (χ0v) is 30.4. The first-order chi connectivity index (χ1) is 24.1. The summed E-state index contributed by atoms with van der Waals surface area (Å²) in [6.07, 6.45) is 3.17. The lowest BCUT2D eigenvalue weighted by Gasteiger charge is -2.30. The van der Waals surface area contributed by atoms with Crippen molar-refractivity contribution in [2.75, 3.05) is 19.8 Å². The molecule has 0 spiro atoms. The molecule has 3 heterocycles. The standard InChI is InChI=1S/C34H44ClN5O10S/c1-33(2,3)50-31(44)36-26-19-48-13-6-4-5-9-21-15-34(21,30(43)38-51(46,47)23-11-12-23)37-28(41)27-14-22(17-40(27)29(26)42)49-32(45)39-16-20-8-7-10-25(35)24(20)18-39/h5,7-10,21-23,26-27H,4,6,11-19H2,1-3H3,(H,36,44)(H,37,41)(H,38,43)/b9-5-/t21-,22+,26-,27-,34+/m0/s1. The number of fused-ring (bicyclic) bond motifs is 3. The third-order valence-electron chi connectivity index (χ3n) is 9.57. The molecule has 2 aliphatic carbocycles. The van der Waals surface area contributed by atoms with Crippen LogP contribution < -0.4 is 15.4 Å². The lowest BCUT2D eigenvalue weighted by atomic mass is 10.1. The summed E-state index contributed by atoms with van der Waals surface area (Å²) in [7, 11) is -3.92. The van der Waals surface area contributed by atoms with Gasteiger partial charge in [-0.1, -0.05) is 35.9 Å². The van der Waals surface area contributed by atoms with Crippen LogP contribution in [0.15, 0.2) is 30.4 Å². The van der Waals surface area contributed by atoms with Crippen LogP contribution in [-0.4, -0.2) is 102 Å². The number of halogens is 1. The van der Waals surface area contributed by atoms with Crippen molar-refractivity contribution >= 4 is 51.5 Å². The van der Waals surface area contributed by atoms with E-state index in [9.17, 15) is 32.4 Å². The van der Waals surface area contributed by atoms with E-state index in [1.165, 1.54) is 9.80 Å². The zero-order valence-electron chi connectivity index (χ0n) is 28.8. The van der Waals surface area contributed by atoms with Gasteiger partial charge in [0.15, 0.2) is 0 Å². The Morgan fingerprint density at radius 1 is 1.14 bits per heavy atom. The highest BCUT2D eigenvalue weighted by Gasteiger charge is 2.62. The molecule has 5 aliphatic rings. The second kappa shape index (κ2) is 14.3. The molecule has 3 aliphatic heterocycles. The Bertz CT molecular complexity index is 1730. The van der Waals surface area contributed by atoms with Gasteiger partial charge in [0.1, 0.15) is 29.3 Å². The lowest BCUT2D eigenvalue weighted by Crippen LogP contribution is -2.59. The maximum absolute atomic E-state index is 14.2. The number of carbonyl (C=O) groups excluding carboxylic acids is 5. The van der Waals surface area contributed by atoms with Crippen LogP contribution in [0.1, 0.15) is 70.4 Å². The van der Waals surface area contributed by atoms with Crippen LogP contribution in [0.2, 0.25) is 5.02 Å². The minimum atomic E-state index is -3.92. The minimum Gasteiger partial charge on any atom is -0.444 e.